The third-order valence-corrected chi connectivity index (χ3v) is 1.98. The number of amidine groups is 1. The van der Waals surface area contributed by atoms with Crippen LogP contribution in [0.3, 0.4) is 0 Å². The number of nitrogens with zero attached hydrogens (tertiary/aromatic N) is 2. The zero-order valence-corrected chi connectivity index (χ0v) is 7.33. The molecule has 1 aliphatic heterocycles. The molecule has 0 aromatic rings. The van der Waals surface area contributed by atoms with Crippen molar-refractivity contribution in [3.8, 4) is 0 Å². The number of hydrogen-bond acceptors (Lipinski definition) is 3. The predicted octanol–water partition coefficient (Wildman–Crippen LogP) is 1.40. The first-order valence-corrected chi connectivity index (χ1v) is 4.01. The highest BCUT2D eigenvalue weighted by Crippen LogP contribution is 2.14. The molecule has 0 saturated carbocycles. The van der Waals surface area contributed by atoms with Crippen LogP contribution in [0, 0.1) is 11.8 Å². The summed E-state index contributed by atoms with van der Waals surface area (Å²) >= 11 is 0. The van der Waals surface area contributed by atoms with Crippen LogP contribution in [0.1, 0.15) is 27.2 Å². The number of nitrogens with two attached hydrogens (primary N) is 1. The van der Waals surface area contributed by atoms with E-state index in [1.807, 2.05) is 0 Å². The first-order chi connectivity index (χ1) is 5.11. The standard InChI is InChI=1S/C8H15N3/c1-5(2)7-4-6(3)8(9)11-10-7/h5-6H,4H2,1-3H3,(H2,9,11). The fourth-order valence-electron chi connectivity index (χ4n) is 1.03. The van der Waals surface area contributed by atoms with Gasteiger partial charge in [0.15, 0.2) is 0 Å². The summed E-state index contributed by atoms with van der Waals surface area (Å²) in [5.41, 5.74) is 6.74. The van der Waals surface area contributed by atoms with Crippen molar-refractivity contribution < 1.29 is 0 Å². The molecule has 0 fully saturated rings. The minimum Gasteiger partial charge on any atom is -0.385 e. The minimum absolute atomic E-state index is 0.366. The maximum atomic E-state index is 5.58. The van der Waals surface area contributed by atoms with Gasteiger partial charge in [-0.05, 0) is 12.3 Å². The van der Waals surface area contributed by atoms with Crippen LogP contribution in [0.25, 0.3) is 0 Å². The Bertz CT molecular complexity index is 203. The summed E-state index contributed by atoms with van der Waals surface area (Å²) in [6, 6.07) is 0. The van der Waals surface area contributed by atoms with Gasteiger partial charge in [-0.2, -0.15) is 5.10 Å². The topological polar surface area (TPSA) is 50.7 Å². The molecule has 1 rings (SSSR count). The van der Waals surface area contributed by atoms with Crippen molar-refractivity contribution in [3.63, 3.8) is 0 Å². The van der Waals surface area contributed by atoms with Gasteiger partial charge in [-0.3, -0.25) is 0 Å². The third kappa shape index (κ3) is 1.79. The van der Waals surface area contributed by atoms with Crippen LogP contribution >= 0.6 is 0 Å². The first-order valence-electron chi connectivity index (χ1n) is 4.01. The summed E-state index contributed by atoms with van der Waals surface area (Å²) in [5.74, 6) is 1.52. The molecule has 0 bridgehead atoms. The van der Waals surface area contributed by atoms with E-state index in [9.17, 15) is 0 Å². The van der Waals surface area contributed by atoms with Crippen molar-refractivity contribution in [2.75, 3.05) is 0 Å². The predicted molar refractivity (Wildman–Crippen MR) is 47.7 cm³/mol. The van der Waals surface area contributed by atoms with Crippen molar-refractivity contribution in [1.29, 1.82) is 0 Å². The van der Waals surface area contributed by atoms with Gasteiger partial charge >= 0.3 is 0 Å². The molecule has 11 heavy (non-hydrogen) atoms. The average Bonchev–Trinajstić information content (AvgIpc) is 1.94. The molecular weight excluding hydrogens is 138 g/mol. The summed E-state index contributed by atoms with van der Waals surface area (Å²) in [6.07, 6.45) is 0.965. The smallest absolute Gasteiger partial charge is 0.125 e. The van der Waals surface area contributed by atoms with Crippen LogP contribution in [-0.4, -0.2) is 11.5 Å². The fraction of sp³-hybridized carbons (Fsp3) is 0.750. The lowest BCUT2D eigenvalue weighted by Gasteiger charge is -2.17. The molecule has 0 spiro atoms. The molecule has 0 saturated heterocycles. The Morgan fingerprint density at radius 3 is 2.55 bits per heavy atom. The Morgan fingerprint density at radius 2 is 2.09 bits per heavy atom. The van der Waals surface area contributed by atoms with Gasteiger partial charge in [0.1, 0.15) is 5.84 Å². The van der Waals surface area contributed by atoms with Crippen LogP contribution in [0.2, 0.25) is 0 Å². The second-order valence-corrected chi connectivity index (χ2v) is 3.38. The van der Waals surface area contributed by atoms with Gasteiger partial charge in [-0.1, -0.05) is 20.8 Å². The quantitative estimate of drug-likeness (QED) is 0.608. The summed E-state index contributed by atoms with van der Waals surface area (Å²) in [5, 5.41) is 7.94. The maximum absolute atomic E-state index is 5.58. The van der Waals surface area contributed by atoms with Gasteiger partial charge in [0.2, 0.25) is 0 Å². The van der Waals surface area contributed by atoms with Gasteiger partial charge < -0.3 is 5.73 Å². The van der Waals surface area contributed by atoms with E-state index in [0.29, 0.717) is 17.7 Å². The van der Waals surface area contributed by atoms with E-state index < -0.39 is 0 Å². The summed E-state index contributed by atoms with van der Waals surface area (Å²) in [4.78, 5) is 0. The number of hydrogen-bond donors (Lipinski definition) is 1. The van der Waals surface area contributed by atoms with Gasteiger partial charge in [0.05, 0.1) is 0 Å². The Balaban J connectivity index is 2.73. The lowest BCUT2D eigenvalue weighted by atomic mass is 9.95. The Morgan fingerprint density at radius 1 is 1.45 bits per heavy atom. The molecule has 0 amide bonds. The molecule has 1 heterocycles. The maximum Gasteiger partial charge on any atom is 0.125 e. The molecule has 0 aliphatic carbocycles. The molecule has 1 aliphatic rings. The van der Waals surface area contributed by atoms with E-state index >= 15 is 0 Å². The SMILES string of the molecule is CC(C)C1=NN=C(N)C(C)C1. The van der Waals surface area contributed by atoms with Crippen molar-refractivity contribution in [1.82, 2.24) is 0 Å². The zero-order valence-electron chi connectivity index (χ0n) is 7.33. The molecule has 1 atom stereocenters. The molecule has 3 heteroatoms. The van der Waals surface area contributed by atoms with Crippen LogP contribution in [0.4, 0.5) is 0 Å². The highest BCUT2D eigenvalue weighted by atomic mass is 15.2. The molecule has 0 aromatic heterocycles. The van der Waals surface area contributed by atoms with Crippen molar-refractivity contribution in [2.45, 2.75) is 27.2 Å². The van der Waals surface area contributed by atoms with Crippen molar-refractivity contribution in [2.24, 2.45) is 27.8 Å². The van der Waals surface area contributed by atoms with E-state index in [1.54, 1.807) is 0 Å². The summed E-state index contributed by atoms with van der Waals surface area (Å²) < 4.78 is 0. The van der Waals surface area contributed by atoms with Gasteiger partial charge in [0, 0.05) is 11.6 Å². The third-order valence-electron chi connectivity index (χ3n) is 1.98. The number of rotatable bonds is 1. The van der Waals surface area contributed by atoms with Crippen molar-refractivity contribution >= 4 is 11.5 Å². The molecule has 1 unspecified atom stereocenters. The Kier molecular flexibility index (Phi) is 2.27. The van der Waals surface area contributed by atoms with E-state index in [0.717, 1.165) is 12.1 Å². The first kappa shape index (κ1) is 8.24. The van der Waals surface area contributed by atoms with Gasteiger partial charge in [0.25, 0.3) is 0 Å². The molecular formula is C8H15N3. The van der Waals surface area contributed by atoms with Crippen LogP contribution < -0.4 is 5.73 Å². The fourth-order valence-corrected chi connectivity index (χ4v) is 1.03. The molecule has 62 valence electrons. The molecule has 0 aromatic carbocycles. The average molecular weight is 153 g/mol. The van der Waals surface area contributed by atoms with E-state index in [2.05, 4.69) is 31.0 Å². The monoisotopic (exact) mass is 153 g/mol. The van der Waals surface area contributed by atoms with Crippen LogP contribution in [0.5, 0.6) is 0 Å². The second-order valence-electron chi connectivity index (χ2n) is 3.38. The van der Waals surface area contributed by atoms with E-state index in [4.69, 9.17) is 5.73 Å². The van der Waals surface area contributed by atoms with Gasteiger partial charge in [-0.25, -0.2) is 0 Å². The lowest BCUT2D eigenvalue weighted by molar-refractivity contribution is 0.725. The Hall–Kier alpha value is -0.860. The van der Waals surface area contributed by atoms with Crippen molar-refractivity contribution in [3.05, 3.63) is 0 Å². The van der Waals surface area contributed by atoms with Crippen LogP contribution in [0.15, 0.2) is 10.2 Å². The van der Waals surface area contributed by atoms with Crippen LogP contribution in [-0.2, 0) is 0 Å². The molecule has 2 N–H and O–H groups in total. The normalized spacial score (nSPS) is 24.9. The lowest BCUT2D eigenvalue weighted by Crippen LogP contribution is -2.28. The zero-order chi connectivity index (χ0) is 8.43. The minimum atomic E-state index is 0.366. The molecule has 3 nitrogen and oxygen atoms in total. The highest BCUT2D eigenvalue weighted by Gasteiger charge is 2.17. The molecule has 0 radical (unpaired) electrons. The summed E-state index contributed by atoms with van der Waals surface area (Å²) in [7, 11) is 0. The van der Waals surface area contributed by atoms with Gasteiger partial charge in [-0.15, -0.1) is 5.10 Å². The van der Waals surface area contributed by atoms with E-state index in [1.165, 1.54) is 0 Å². The Labute approximate surface area is 67.4 Å². The van der Waals surface area contributed by atoms with E-state index in [-0.39, 0.29) is 0 Å². The highest BCUT2D eigenvalue weighted by molar-refractivity contribution is 5.95. The largest absolute Gasteiger partial charge is 0.385 e. The summed E-state index contributed by atoms with van der Waals surface area (Å²) in [6.45, 7) is 6.33. The second kappa shape index (κ2) is 3.03.